The molecule has 0 fully saturated rings. The molecule has 0 saturated heterocycles. The minimum absolute atomic E-state index is 0.314. The summed E-state index contributed by atoms with van der Waals surface area (Å²) in [6.45, 7) is 1.82. The summed E-state index contributed by atoms with van der Waals surface area (Å²) < 4.78 is 28.2. The summed E-state index contributed by atoms with van der Waals surface area (Å²) in [5.74, 6) is -0.630. The van der Waals surface area contributed by atoms with Crippen molar-refractivity contribution in [1.82, 2.24) is 5.32 Å². The van der Waals surface area contributed by atoms with E-state index in [2.05, 4.69) is 21.2 Å². The minimum Gasteiger partial charge on any atom is -0.309 e. The van der Waals surface area contributed by atoms with Crippen molar-refractivity contribution in [3.05, 3.63) is 69.2 Å². The second-order valence-corrected chi connectivity index (χ2v) is 5.37. The fraction of sp³-hybridized carbons (Fsp3) is 0.200. The van der Waals surface area contributed by atoms with Gasteiger partial charge in [-0.3, -0.25) is 0 Å². The van der Waals surface area contributed by atoms with Crippen LogP contribution in [0.2, 0.25) is 0 Å². The number of aryl methyl sites for hydroxylation is 1. The van der Waals surface area contributed by atoms with Crippen LogP contribution in [0.3, 0.4) is 0 Å². The number of benzene rings is 2. The van der Waals surface area contributed by atoms with Gasteiger partial charge in [-0.25, -0.2) is 8.78 Å². The number of hydrogen-bond donors (Lipinski definition) is 1. The van der Waals surface area contributed by atoms with Crippen LogP contribution in [0.1, 0.15) is 22.7 Å². The summed E-state index contributed by atoms with van der Waals surface area (Å²) in [5, 5.41) is 3.03. The fourth-order valence-corrected chi connectivity index (χ4v) is 2.55. The molecule has 0 aromatic heterocycles. The van der Waals surface area contributed by atoms with Gasteiger partial charge in [0, 0.05) is 10.0 Å². The van der Waals surface area contributed by atoms with Gasteiger partial charge in [0.25, 0.3) is 0 Å². The van der Waals surface area contributed by atoms with Gasteiger partial charge in [-0.1, -0.05) is 22.0 Å². The molecule has 0 heterocycles. The normalized spacial score (nSPS) is 12.5. The molecule has 0 aliphatic carbocycles. The molecule has 4 heteroatoms. The van der Waals surface area contributed by atoms with Crippen molar-refractivity contribution in [3.63, 3.8) is 0 Å². The minimum atomic E-state index is -0.383. The molecule has 0 saturated carbocycles. The largest absolute Gasteiger partial charge is 0.309 e. The lowest BCUT2D eigenvalue weighted by molar-refractivity contribution is 0.570. The van der Waals surface area contributed by atoms with Gasteiger partial charge in [0.05, 0.1) is 6.04 Å². The van der Waals surface area contributed by atoms with Gasteiger partial charge in [-0.15, -0.1) is 0 Å². The predicted octanol–water partition coefficient (Wildman–Crippen LogP) is 4.34. The zero-order chi connectivity index (χ0) is 14.0. The second kappa shape index (κ2) is 5.80. The van der Waals surface area contributed by atoms with Crippen molar-refractivity contribution in [2.75, 3.05) is 7.05 Å². The average Bonchev–Trinajstić information content (AvgIpc) is 2.33. The Morgan fingerprint density at radius 2 is 1.84 bits per heavy atom. The summed E-state index contributed by atoms with van der Waals surface area (Å²) in [6, 6.07) is 9.09. The number of hydrogen-bond acceptors (Lipinski definition) is 1. The van der Waals surface area contributed by atoms with Crippen LogP contribution >= 0.6 is 15.9 Å². The van der Waals surface area contributed by atoms with Crippen LogP contribution in [-0.2, 0) is 0 Å². The number of halogens is 3. The number of nitrogens with one attached hydrogen (secondary N) is 1. The van der Waals surface area contributed by atoms with E-state index in [1.807, 2.05) is 13.0 Å². The van der Waals surface area contributed by atoms with Crippen molar-refractivity contribution in [2.24, 2.45) is 0 Å². The van der Waals surface area contributed by atoms with E-state index in [1.165, 1.54) is 18.2 Å². The lowest BCUT2D eigenvalue weighted by atomic mass is 9.97. The highest BCUT2D eigenvalue weighted by Gasteiger charge is 2.17. The first kappa shape index (κ1) is 14.2. The highest BCUT2D eigenvalue weighted by Crippen LogP contribution is 2.28. The Morgan fingerprint density at radius 1 is 1.11 bits per heavy atom. The molecule has 0 aliphatic rings. The summed E-state index contributed by atoms with van der Waals surface area (Å²) in [5.41, 5.74) is 2.00. The molecule has 0 aliphatic heterocycles. The van der Waals surface area contributed by atoms with E-state index in [4.69, 9.17) is 0 Å². The zero-order valence-electron chi connectivity index (χ0n) is 10.7. The molecule has 0 bridgehead atoms. The molecule has 1 nitrogen and oxygen atoms in total. The highest BCUT2D eigenvalue weighted by atomic mass is 79.9. The molecule has 100 valence electrons. The van der Waals surface area contributed by atoms with Crippen LogP contribution in [0.4, 0.5) is 8.78 Å². The molecule has 2 aromatic rings. The van der Waals surface area contributed by atoms with Gasteiger partial charge in [0.1, 0.15) is 11.6 Å². The van der Waals surface area contributed by atoms with Gasteiger partial charge >= 0.3 is 0 Å². The van der Waals surface area contributed by atoms with Gasteiger partial charge in [-0.2, -0.15) is 0 Å². The molecule has 0 radical (unpaired) electrons. The van der Waals surface area contributed by atoms with Crippen LogP contribution in [0.15, 0.2) is 40.9 Å². The molecular weight excluding hydrogens is 312 g/mol. The van der Waals surface area contributed by atoms with Crippen molar-refractivity contribution < 1.29 is 8.78 Å². The van der Waals surface area contributed by atoms with Gasteiger partial charge < -0.3 is 5.32 Å². The van der Waals surface area contributed by atoms with E-state index in [9.17, 15) is 8.78 Å². The molecule has 1 unspecified atom stereocenters. The van der Waals surface area contributed by atoms with E-state index in [1.54, 1.807) is 19.2 Å². The van der Waals surface area contributed by atoms with Crippen LogP contribution in [0.25, 0.3) is 0 Å². The Morgan fingerprint density at radius 3 is 2.47 bits per heavy atom. The maximum atomic E-state index is 13.9. The lowest BCUT2D eigenvalue weighted by Gasteiger charge is -2.19. The Bertz CT molecular complexity index is 578. The first-order chi connectivity index (χ1) is 9.01. The average molecular weight is 326 g/mol. The monoisotopic (exact) mass is 325 g/mol. The summed E-state index contributed by atoms with van der Waals surface area (Å²) in [6.07, 6.45) is 0. The Balaban J connectivity index is 2.52. The van der Waals surface area contributed by atoms with E-state index in [-0.39, 0.29) is 17.7 Å². The summed E-state index contributed by atoms with van der Waals surface area (Å²) in [7, 11) is 1.73. The van der Waals surface area contributed by atoms with Gasteiger partial charge in [0.15, 0.2) is 0 Å². The molecule has 0 spiro atoms. The quantitative estimate of drug-likeness (QED) is 0.884. The Kier molecular flexibility index (Phi) is 4.32. The molecule has 1 atom stereocenters. The van der Waals surface area contributed by atoms with E-state index < -0.39 is 0 Å². The molecule has 2 aromatic carbocycles. The topological polar surface area (TPSA) is 12.0 Å². The van der Waals surface area contributed by atoms with Crippen molar-refractivity contribution in [3.8, 4) is 0 Å². The molecule has 2 rings (SSSR count). The fourth-order valence-electron chi connectivity index (χ4n) is 2.17. The summed E-state index contributed by atoms with van der Waals surface area (Å²) in [4.78, 5) is 0. The maximum Gasteiger partial charge on any atom is 0.128 e. The zero-order valence-corrected chi connectivity index (χ0v) is 12.3. The van der Waals surface area contributed by atoms with Crippen molar-refractivity contribution >= 4 is 15.9 Å². The first-order valence-electron chi connectivity index (χ1n) is 5.90. The Labute approximate surface area is 119 Å². The molecule has 0 amide bonds. The van der Waals surface area contributed by atoms with Crippen LogP contribution in [0, 0.1) is 18.6 Å². The van der Waals surface area contributed by atoms with E-state index >= 15 is 0 Å². The van der Waals surface area contributed by atoms with Crippen molar-refractivity contribution in [2.45, 2.75) is 13.0 Å². The lowest BCUT2D eigenvalue weighted by Crippen LogP contribution is -2.19. The highest BCUT2D eigenvalue weighted by molar-refractivity contribution is 9.10. The van der Waals surface area contributed by atoms with Gasteiger partial charge in [-0.05, 0) is 55.4 Å². The molecule has 19 heavy (non-hydrogen) atoms. The van der Waals surface area contributed by atoms with Crippen LogP contribution < -0.4 is 5.32 Å². The third kappa shape index (κ3) is 3.19. The predicted molar refractivity (Wildman–Crippen MR) is 76.1 cm³/mol. The van der Waals surface area contributed by atoms with Crippen LogP contribution in [-0.4, -0.2) is 7.05 Å². The standard InChI is InChI=1S/C15H14BrF2N/c1-9-5-10(7-12(17)6-9)15(19-2)13-8-11(16)3-4-14(13)18/h3-8,15,19H,1-2H3. The smallest absolute Gasteiger partial charge is 0.128 e. The maximum absolute atomic E-state index is 13.9. The van der Waals surface area contributed by atoms with E-state index in [0.717, 1.165) is 10.0 Å². The summed E-state index contributed by atoms with van der Waals surface area (Å²) >= 11 is 3.33. The number of rotatable bonds is 3. The third-order valence-corrected chi connectivity index (χ3v) is 3.45. The second-order valence-electron chi connectivity index (χ2n) is 4.45. The van der Waals surface area contributed by atoms with Gasteiger partial charge in [0.2, 0.25) is 0 Å². The molecule has 1 N–H and O–H groups in total. The SMILES string of the molecule is CNC(c1cc(C)cc(F)c1)c1cc(Br)ccc1F. The third-order valence-electron chi connectivity index (χ3n) is 2.96. The van der Waals surface area contributed by atoms with Crippen molar-refractivity contribution in [1.29, 1.82) is 0 Å². The molecular formula is C15H14BrF2N. The van der Waals surface area contributed by atoms with E-state index in [0.29, 0.717) is 11.1 Å². The Hall–Kier alpha value is -1.26. The van der Waals surface area contributed by atoms with Crippen LogP contribution in [0.5, 0.6) is 0 Å². The first-order valence-corrected chi connectivity index (χ1v) is 6.70.